The van der Waals surface area contributed by atoms with Gasteiger partial charge in [0, 0.05) is 23.3 Å². The van der Waals surface area contributed by atoms with E-state index in [1.807, 2.05) is 53.9 Å². The van der Waals surface area contributed by atoms with E-state index in [1.165, 1.54) is 17.0 Å². The highest BCUT2D eigenvalue weighted by Crippen LogP contribution is 2.37. The Morgan fingerprint density at radius 2 is 1.61 bits per heavy atom. The molecule has 1 aromatic heterocycles. The molecule has 33 heavy (non-hydrogen) atoms. The maximum atomic E-state index is 12.5. The fraction of sp³-hybridized carbons (Fsp3) is 0.154. The van der Waals surface area contributed by atoms with E-state index >= 15 is 0 Å². The molecular formula is C26H24N4O2S. The highest BCUT2D eigenvalue weighted by atomic mass is 32.1. The van der Waals surface area contributed by atoms with Gasteiger partial charge in [-0.25, -0.2) is 9.78 Å². The van der Waals surface area contributed by atoms with Crippen LogP contribution in [0, 0.1) is 0 Å². The number of carbonyl (C=O) groups excluding carboxylic acids is 1. The van der Waals surface area contributed by atoms with Gasteiger partial charge >= 0.3 is 6.03 Å². The summed E-state index contributed by atoms with van der Waals surface area (Å²) >= 11 is 1.45. The van der Waals surface area contributed by atoms with Crippen molar-refractivity contribution < 1.29 is 9.53 Å². The van der Waals surface area contributed by atoms with Crippen LogP contribution < -0.4 is 20.3 Å². The molecule has 3 aromatic carbocycles. The predicted molar refractivity (Wildman–Crippen MR) is 133 cm³/mol. The van der Waals surface area contributed by atoms with Crippen LogP contribution in [-0.4, -0.2) is 17.6 Å². The van der Waals surface area contributed by atoms with Gasteiger partial charge in [-0.2, -0.15) is 0 Å². The van der Waals surface area contributed by atoms with Crippen LogP contribution in [0.5, 0.6) is 11.5 Å². The van der Waals surface area contributed by atoms with E-state index in [0.717, 1.165) is 30.8 Å². The fourth-order valence-electron chi connectivity index (χ4n) is 3.99. The number of benzene rings is 3. The lowest BCUT2D eigenvalue weighted by molar-refractivity contribution is 0.262. The first-order chi connectivity index (χ1) is 16.2. The number of urea groups is 1. The molecule has 7 heteroatoms. The number of hydrogen-bond acceptors (Lipinski definition) is 5. The van der Waals surface area contributed by atoms with Gasteiger partial charge in [0.25, 0.3) is 0 Å². The van der Waals surface area contributed by atoms with E-state index < -0.39 is 0 Å². The molecule has 1 aliphatic rings. The van der Waals surface area contributed by atoms with Crippen LogP contribution in [0.25, 0.3) is 0 Å². The van der Waals surface area contributed by atoms with E-state index in [9.17, 15) is 4.79 Å². The molecule has 1 aliphatic heterocycles. The van der Waals surface area contributed by atoms with Crippen molar-refractivity contribution in [2.45, 2.75) is 18.9 Å². The summed E-state index contributed by atoms with van der Waals surface area (Å²) in [4.78, 5) is 19.6. The molecule has 1 atom stereocenters. The number of hydrogen-bond donors (Lipinski definition) is 2. The Morgan fingerprint density at radius 1 is 0.909 bits per heavy atom. The van der Waals surface area contributed by atoms with Crippen molar-refractivity contribution in [2.24, 2.45) is 0 Å². The minimum atomic E-state index is -0.320. The Morgan fingerprint density at radius 3 is 2.36 bits per heavy atom. The second-order valence-corrected chi connectivity index (χ2v) is 8.64. The lowest BCUT2D eigenvalue weighted by Crippen LogP contribution is -2.23. The number of amides is 2. The summed E-state index contributed by atoms with van der Waals surface area (Å²) in [6.07, 6.45) is 2.19. The number of rotatable bonds is 6. The van der Waals surface area contributed by atoms with Crippen molar-refractivity contribution in [1.29, 1.82) is 0 Å². The Labute approximate surface area is 196 Å². The number of aromatic nitrogens is 1. The molecular weight excluding hydrogens is 432 g/mol. The van der Waals surface area contributed by atoms with Crippen LogP contribution in [0.2, 0.25) is 0 Å². The third-order valence-corrected chi connectivity index (χ3v) is 6.29. The van der Waals surface area contributed by atoms with Crippen molar-refractivity contribution in [2.75, 3.05) is 22.1 Å². The summed E-state index contributed by atoms with van der Waals surface area (Å²) in [5.74, 6) is 1.47. The van der Waals surface area contributed by atoms with Gasteiger partial charge in [-0.15, -0.1) is 11.3 Å². The van der Waals surface area contributed by atoms with Gasteiger partial charge in [-0.1, -0.05) is 36.4 Å². The zero-order valence-electron chi connectivity index (χ0n) is 18.0. The van der Waals surface area contributed by atoms with Crippen LogP contribution in [0.1, 0.15) is 24.6 Å². The molecule has 1 saturated heterocycles. The number of nitrogens with zero attached hydrogens (tertiary/aromatic N) is 2. The van der Waals surface area contributed by atoms with Gasteiger partial charge in [0.2, 0.25) is 0 Å². The summed E-state index contributed by atoms with van der Waals surface area (Å²) in [5.41, 5.74) is 2.88. The Hall–Kier alpha value is -3.84. The van der Waals surface area contributed by atoms with Crippen LogP contribution >= 0.6 is 11.3 Å². The Bertz CT molecular complexity index is 1200. The zero-order chi connectivity index (χ0) is 22.5. The van der Waals surface area contributed by atoms with Crippen LogP contribution in [-0.2, 0) is 0 Å². The van der Waals surface area contributed by atoms with Crippen molar-refractivity contribution in [3.05, 3.63) is 96.0 Å². The summed E-state index contributed by atoms with van der Waals surface area (Å²) in [7, 11) is 0. The third kappa shape index (κ3) is 5.15. The molecule has 0 saturated carbocycles. The quantitative estimate of drug-likeness (QED) is 0.330. The van der Waals surface area contributed by atoms with Gasteiger partial charge in [0.1, 0.15) is 11.5 Å². The molecule has 4 aromatic rings. The molecule has 5 rings (SSSR count). The Kier molecular flexibility index (Phi) is 6.21. The molecule has 0 bridgehead atoms. The minimum Gasteiger partial charge on any atom is -0.457 e. The van der Waals surface area contributed by atoms with E-state index in [4.69, 9.17) is 9.72 Å². The van der Waals surface area contributed by atoms with E-state index in [2.05, 4.69) is 39.8 Å². The maximum absolute atomic E-state index is 12.5. The smallest absolute Gasteiger partial charge is 0.325 e. The molecule has 0 radical (unpaired) electrons. The van der Waals surface area contributed by atoms with E-state index in [1.54, 1.807) is 12.1 Å². The number of ether oxygens (including phenoxy) is 1. The molecule has 6 nitrogen and oxygen atoms in total. The first kappa shape index (κ1) is 21.0. The van der Waals surface area contributed by atoms with Crippen LogP contribution in [0.15, 0.2) is 90.3 Å². The molecule has 166 valence electrons. The van der Waals surface area contributed by atoms with E-state index in [-0.39, 0.29) is 12.1 Å². The van der Waals surface area contributed by atoms with Crippen molar-refractivity contribution >= 4 is 33.9 Å². The monoisotopic (exact) mass is 456 g/mol. The normalized spacial score (nSPS) is 15.3. The average Bonchev–Trinajstić information content (AvgIpc) is 3.51. The molecule has 1 fully saturated rings. The maximum Gasteiger partial charge on any atom is 0.325 e. The van der Waals surface area contributed by atoms with Gasteiger partial charge in [-0.3, -0.25) is 5.32 Å². The molecule has 0 unspecified atom stereocenters. The minimum absolute atomic E-state index is 0.236. The first-order valence-electron chi connectivity index (χ1n) is 10.9. The second kappa shape index (κ2) is 9.75. The van der Waals surface area contributed by atoms with Crippen LogP contribution in [0.4, 0.5) is 21.3 Å². The second-order valence-electron chi connectivity index (χ2n) is 7.78. The number of nitrogens with one attached hydrogen (secondary N) is 2. The molecule has 0 aliphatic carbocycles. The average molecular weight is 457 g/mol. The summed E-state index contributed by atoms with van der Waals surface area (Å²) < 4.78 is 5.79. The number of thiazole rings is 1. The number of carbonyl (C=O) groups is 1. The highest BCUT2D eigenvalue weighted by molar-refractivity contribution is 7.14. The van der Waals surface area contributed by atoms with Crippen molar-refractivity contribution in [1.82, 2.24) is 4.98 Å². The highest BCUT2D eigenvalue weighted by Gasteiger charge is 2.28. The van der Waals surface area contributed by atoms with Crippen molar-refractivity contribution in [3.63, 3.8) is 0 Å². The summed E-state index contributed by atoms with van der Waals surface area (Å²) in [6.45, 7) is 1.01. The molecule has 2 amide bonds. The number of para-hydroxylation sites is 2. The zero-order valence-corrected chi connectivity index (χ0v) is 18.8. The predicted octanol–water partition coefficient (Wildman–Crippen LogP) is 6.92. The third-order valence-electron chi connectivity index (χ3n) is 5.52. The Balaban J connectivity index is 1.18. The summed E-state index contributed by atoms with van der Waals surface area (Å²) in [6, 6.07) is 27.2. The van der Waals surface area contributed by atoms with Gasteiger partial charge in [0.15, 0.2) is 5.13 Å². The SMILES string of the molecule is O=C(Nc1ccc(Oc2ccccc2)cc1)Nc1nc([C@H]2CCCN2c2ccccc2)cs1. The van der Waals surface area contributed by atoms with Gasteiger partial charge < -0.3 is 15.0 Å². The van der Waals surface area contributed by atoms with Gasteiger partial charge in [0.05, 0.1) is 11.7 Å². The standard InChI is InChI=1S/C26H24N4O2S/c31-25(27-19-13-15-22(16-14-19)32-21-10-5-2-6-11-21)29-26-28-23(18-33-26)24-12-7-17-30(24)20-8-3-1-4-9-20/h1-6,8-11,13-16,18,24H,7,12,17H2,(H2,27,28,29,31)/t24-/m1/s1. The largest absolute Gasteiger partial charge is 0.457 e. The first-order valence-corrected chi connectivity index (χ1v) is 11.8. The lowest BCUT2D eigenvalue weighted by Gasteiger charge is -2.25. The lowest BCUT2D eigenvalue weighted by atomic mass is 10.1. The van der Waals surface area contributed by atoms with Crippen LogP contribution in [0.3, 0.4) is 0 Å². The summed E-state index contributed by atoms with van der Waals surface area (Å²) in [5, 5.41) is 8.32. The van der Waals surface area contributed by atoms with Gasteiger partial charge in [-0.05, 0) is 61.4 Å². The molecule has 2 N–H and O–H groups in total. The van der Waals surface area contributed by atoms with Crippen molar-refractivity contribution in [3.8, 4) is 11.5 Å². The fourth-order valence-corrected chi connectivity index (χ4v) is 4.74. The number of anilines is 3. The molecule has 2 heterocycles. The van der Waals surface area contributed by atoms with E-state index in [0.29, 0.717) is 16.6 Å². The molecule has 0 spiro atoms. The topological polar surface area (TPSA) is 66.5 Å².